The Labute approximate surface area is 239 Å². The first kappa shape index (κ1) is 27.4. The van der Waals surface area contributed by atoms with Gasteiger partial charge in [0.2, 0.25) is 5.91 Å². The Hall–Kier alpha value is -4.79. The molecule has 2 aliphatic heterocycles. The Morgan fingerprint density at radius 1 is 1.17 bits per heavy atom. The molecule has 216 valence electrons. The number of rotatable bonds is 4. The Kier molecular flexibility index (Phi) is 6.48. The first-order chi connectivity index (χ1) is 20.0. The summed E-state index contributed by atoms with van der Waals surface area (Å²) < 4.78 is 42.2. The molecule has 0 radical (unpaired) electrons. The lowest BCUT2D eigenvalue weighted by molar-refractivity contribution is -0.137. The highest BCUT2D eigenvalue weighted by molar-refractivity contribution is 6.00. The molecule has 12 heteroatoms. The number of nitrogens with two attached hydrogens (primary N) is 1. The molecule has 3 aromatic rings. The lowest BCUT2D eigenvalue weighted by Crippen LogP contribution is -2.46. The number of carbonyl (C=O) groups excluding carboxylic acids is 2. The highest BCUT2D eigenvalue weighted by Gasteiger charge is 2.41. The third kappa shape index (κ3) is 4.55. The smallest absolute Gasteiger partial charge is 0.417 e. The number of anilines is 1. The van der Waals surface area contributed by atoms with E-state index < -0.39 is 34.9 Å². The summed E-state index contributed by atoms with van der Waals surface area (Å²) in [6.45, 7) is 4.12. The fraction of sp³-hybridized carbons (Fsp3) is 0.333. The Morgan fingerprint density at radius 2 is 1.93 bits per heavy atom. The minimum Gasteiger partial charge on any atom is -0.506 e. The summed E-state index contributed by atoms with van der Waals surface area (Å²) in [6.07, 6.45) is -0.744. The molecule has 3 aliphatic rings. The number of aromatic hydroxyl groups is 1. The van der Waals surface area contributed by atoms with Crippen LogP contribution in [0.15, 0.2) is 43.0 Å². The van der Waals surface area contributed by atoms with E-state index in [0.717, 1.165) is 35.7 Å². The maximum absolute atomic E-state index is 13.9. The molecule has 0 bridgehead atoms. The number of phenols is 1. The van der Waals surface area contributed by atoms with Gasteiger partial charge in [0.1, 0.15) is 11.4 Å². The molecular weight excluding hydrogens is 549 g/mol. The molecule has 1 aliphatic carbocycles. The van der Waals surface area contributed by atoms with Crippen LogP contribution in [0.5, 0.6) is 5.75 Å². The van der Waals surface area contributed by atoms with Crippen LogP contribution in [0.4, 0.5) is 18.9 Å². The van der Waals surface area contributed by atoms with Gasteiger partial charge in [-0.15, -0.1) is 0 Å². The van der Waals surface area contributed by atoms with Gasteiger partial charge in [-0.05, 0) is 54.7 Å². The van der Waals surface area contributed by atoms with Crippen molar-refractivity contribution in [2.45, 2.75) is 43.8 Å². The molecule has 3 heterocycles. The summed E-state index contributed by atoms with van der Waals surface area (Å²) in [6, 6.07) is 7.88. The third-order valence-corrected chi connectivity index (χ3v) is 8.28. The van der Waals surface area contributed by atoms with Crippen molar-refractivity contribution in [3.05, 3.63) is 82.2 Å². The van der Waals surface area contributed by atoms with Crippen molar-refractivity contribution in [1.29, 1.82) is 5.26 Å². The van der Waals surface area contributed by atoms with E-state index in [2.05, 4.69) is 6.58 Å². The zero-order chi connectivity index (χ0) is 29.9. The van der Waals surface area contributed by atoms with Gasteiger partial charge in [0.15, 0.2) is 0 Å². The van der Waals surface area contributed by atoms with Crippen molar-refractivity contribution in [2.24, 2.45) is 0 Å². The lowest BCUT2D eigenvalue weighted by Gasteiger charge is -2.38. The van der Waals surface area contributed by atoms with Gasteiger partial charge in [-0.1, -0.05) is 12.6 Å². The number of nitrogens with zero attached hydrogens (tertiary/aromatic N) is 5. The SMILES string of the molecule is C=CC(=O)N1CCc2nn(-c3ccc(C4CC4)cc3O)c3c2C(C1)N(C(=O)c1cc(C#N)c(C(F)(F)F)cc1N)CC3. The van der Waals surface area contributed by atoms with Crippen molar-refractivity contribution in [3.63, 3.8) is 0 Å². The van der Waals surface area contributed by atoms with Crippen LogP contribution in [0.2, 0.25) is 0 Å². The molecule has 42 heavy (non-hydrogen) atoms. The second-order valence-corrected chi connectivity index (χ2v) is 10.8. The zero-order valence-electron chi connectivity index (χ0n) is 22.5. The maximum atomic E-state index is 13.9. The molecule has 1 aromatic heterocycles. The van der Waals surface area contributed by atoms with Crippen molar-refractivity contribution < 1.29 is 27.9 Å². The van der Waals surface area contributed by atoms with Crippen LogP contribution in [-0.2, 0) is 23.8 Å². The van der Waals surface area contributed by atoms with Crippen LogP contribution in [-0.4, -0.2) is 56.1 Å². The van der Waals surface area contributed by atoms with Crippen molar-refractivity contribution in [1.82, 2.24) is 19.6 Å². The highest BCUT2D eigenvalue weighted by atomic mass is 19.4. The predicted octanol–water partition coefficient (Wildman–Crippen LogP) is 4.24. The minimum atomic E-state index is -4.82. The fourth-order valence-electron chi connectivity index (χ4n) is 6.04. The molecule has 2 amide bonds. The molecule has 3 N–H and O–H groups in total. The van der Waals surface area contributed by atoms with Crippen LogP contribution < -0.4 is 5.73 Å². The molecule has 1 atom stereocenters. The average Bonchev–Trinajstić information content (AvgIpc) is 3.77. The monoisotopic (exact) mass is 576 g/mol. The fourth-order valence-corrected chi connectivity index (χ4v) is 6.04. The van der Waals surface area contributed by atoms with Gasteiger partial charge in [0.25, 0.3) is 5.91 Å². The number of hydrogen-bond acceptors (Lipinski definition) is 6. The predicted molar refractivity (Wildman–Crippen MR) is 146 cm³/mol. The molecule has 2 aromatic carbocycles. The van der Waals surface area contributed by atoms with Gasteiger partial charge in [0, 0.05) is 43.7 Å². The van der Waals surface area contributed by atoms with Gasteiger partial charge >= 0.3 is 6.18 Å². The van der Waals surface area contributed by atoms with E-state index in [0.29, 0.717) is 42.8 Å². The number of nitrogen functional groups attached to an aromatic ring is 1. The second-order valence-electron chi connectivity index (χ2n) is 10.8. The van der Waals surface area contributed by atoms with Gasteiger partial charge in [-0.3, -0.25) is 9.59 Å². The lowest BCUT2D eigenvalue weighted by atomic mass is 9.93. The van der Waals surface area contributed by atoms with Crippen molar-refractivity contribution in [2.75, 3.05) is 25.4 Å². The van der Waals surface area contributed by atoms with Crippen LogP contribution in [0.25, 0.3) is 5.69 Å². The second kappa shape index (κ2) is 9.94. The summed E-state index contributed by atoms with van der Waals surface area (Å²) in [7, 11) is 0. The quantitative estimate of drug-likeness (QED) is 0.353. The number of aromatic nitrogens is 2. The Morgan fingerprint density at radius 3 is 2.57 bits per heavy atom. The standard InChI is InChI=1S/C30H27F3N6O3/c1-2-27(41)37-9-7-22-28-24(39(36-22)23-6-5-17(12-26(23)40)16-3-4-16)8-10-38(25(28)15-37)29(42)19-11-18(14-34)20(13-21(19)35)30(31,32)33/h2,5-6,11-13,16,25,40H,1,3-4,7-10,15,35H2. The first-order valence-electron chi connectivity index (χ1n) is 13.6. The van der Waals surface area contributed by atoms with Crippen molar-refractivity contribution >= 4 is 17.5 Å². The summed E-state index contributed by atoms with van der Waals surface area (Å²) in [5.74, 6) is -0.444. The summed E-state index contributed by atoms with van der Waals surface area (Å²) in [5, 5.41) is 25.2. The van der Waals surface area contributed by atoms with Crippen LogP contribution in [0.1, 0.15) is 68.8 Å². The first-order valence-corrected chi connectivity index (χ1v) is 13.6. The van der Waals surface area contributed by atoms with Crippen LogP contribution in [0.3, 0.4) is 0 Å². The van der Waals surface area contributed by atoms with E-state index in [4.69, 9.17) is 10.8 Å². The Bertz CT molecular complexity index is 1680. The minimum absolute atomic E-state index is 0.0911. The number of nitriles is 1. The van der Waals surface area contributed by atoms with Gasteiger partial charge in [-0.2, -0.15) is 23.5 Å². The molecule has 0 saturated heterocycles. The zero-order valence-corrected chi connectivity index (χ0v) is 22.5. The maximum Gasteiger partial charge on any atom is 0.417 e. The number of alkyl halides is 3. The molecule has 1 unspecified atom stereocenters. The average molecular weight is 577 g/mol. The topological polar surface area (TPSA) is 128 Å². The third-order valence-electron chi connectivity index (χ3n) is 8.28. The number of carbonyl (C=O) groups is 2. The Balaban J connectivity index is 1.43. The molecular formula is C30H27F3N6O3. The van der Waals surface area contributed by atoms with Gasteiger partial charge in [0.05, 0.1) is 40.2 Å². The number of amides is 2. The van der Waals surface area contributed by atoms with E-state index in [1.807, 2.05) is 12.1 Å². The number of phenolic OH excluding ortho intramolecular Hbond substituents is 1. The highest BCUT2D eigenvalue weighted by Crippen LogP contribution is 2.43. The summed E-state index contributed by atoms with van der Waals surface area (Å²) >= 11 is 0. The normalized spacial score (nSPS) is 18.2. The van der Waals surface area contributed by atoms with Crippen LogP contribution in [0, 0.1) is 11.3 Å². The summed E-state index contributed by atoms with van der Waals surface area (Å²) in [4.78, 5) is 29.6. The molecule has 1 fully saturated rings. The van der Waals surface area contributed by atoms with E-state index in [-0.39, 0.29) is 30.3 Å². The van der Waals surface area contributed by atoms with E-state index >= 15 is 0 Å². The molecule has 6 rings (SSSR count). The van der Waals surface area contributed by atoms with E-state index in [1.165, 1.54) is 17.0 Å². The van der Waals surface area contributed by atoms with E-state index in [1.54, 1.807) is 15.6 Å². The number of halogens is 3. The summed E-state index contributed by atoms with van der Waals surface area (Å²) in [5.41, 5.74) is 7.13. The largest absolute Gasteiger partial charge is 0.506 e. The number of hydrogen-bond donors (Lipinski definition) is 2. The van der Waals surface area contributed by atoms with Gasteiger partial charge in [-0.25, -0.2) is 4.68 Å². The number of benzene rings is 2. The molecule has 0 spiro atoms. The van der Waals surface area contributed by atoms with Crippen LogP contribution >= 0.6 is 0 Å². The molecule has 1 saturated carbocycles. The molecule has 9 nitrogen and oxygen atoms in total. The van der Waals surface area contributed by atoms with Crippen molar-refractivity contribution in [3.8, 4) is 17.5 Å². The van der Waals surface area contributed by atoms with Gasteiger partial charge < -0.3 is 20.6 Å². The van der Waals surface area contributed by atoms with E-state index in [9.17, 15) is 33.1 Å².